The molecule has 31 heavy (non-hydrogen) atoms. The fourth-order valence-corrected chi connectivity index (χ4v) is 3.19. The molecule has 0 atom stereocenters. The Morgan fingerprint density at radius 2 is 2.10 bits per heavy atom. The zero-order chi connectivity index (χ0) is 21.9. The second kappa shape index (κ2) is 11.8. The van der Waals surface area contributed by atoms with Crippen molar-refractivity contribution in [3.05, 3.63) is 75.9 Å². The number of pyridine rings is 1. The van der Waals surface area contributed by atoms with Crippen LogP contribution in [0.5, 0.6) is 11.6 Å². The van der Waals surface area contributed by atoms with Crippen molar-refractivity contribution in [2.45, 2.75) is 20.1 Å². The average molecular weight is 440 g/mol. The Balaban J connectivity index is 1.45. The normalized spacial score (nSPS) is 10.9. The van der Waals surface area contributed by atoms with Gasteiger partial charge in [0.1, 0.15) is 19.0 Å². The summed E-state index contributed by atoms with van der Waals surface area (Å²) in [4.78, 5) is 20.7. The Morgan fingerprint density at radius 3 is 2.84 bits per heavy atom. The molecular weight excluding hydrogens is 414 g/mol. The first-order chi connectivity index (χ1) is 15.1. The van der Waals surface area contributed by atoms with Crippen LogP contribution in [0.25, 0.3) is 6.08 Å². The quantitative estimate of drug-likeness (QED) is 0.362. The summed E-state index contributed by atoms with van der Waals surface area (Å²) in [6, 6.07) is 11.2. The number of aryl methyl sites for hydroxylation is 1. The van der Waals surface area contributed by atoms with Gasteiger partial charge < -0.3 is 19.5 Å². The molecule has 8 heteroatoms. The van der Waals surface area contributed by atoms with Gasteiger partial charge in [-0.1, -0.05) is 18.2 Å². The summed E-state index contributed by atoms with van der Waals surface area (Å²) < 4.78 is 16.1. The van der Waals surface area contributed by atoms with Crippen molar-refractivity contribution in [1.29, 1.82) is 0 Å². The fourth-order valence-electron chi connectivity index (χ4n) is 2.59. The van der Waals surface area contributed by atoms with Crippen molar-refractivity contribution in [1.82, 2.24) is 15.3 Å². The number of nitrogens with one attached hydrogen (secondary N) is 1. The minimum Gasteiger partial charge on any atom is -0.487 e. The fraction of sp³-hybridized carbons (Fsp3) is 0.261. The van der Waals surface area contributed by atoms with E-state index < -0.39 is 0 Å². The molecule has 3 rings (SSSR count). The number of carbonyl (C=O) groups is 1. The van der Waals surface area contributed by atoms with E-state index in [2.05, 4.69) is 15.3 Å². The molecule has 0 unspecified atom stereocenters. The van der Waals surface area contributed by atoms with Gasteiger partial charge in [-0.05, 0) is 36.3 Å². The maximum absolute atomic E-state index is 12.1. The van der Waals surface area contributed by atoms with Crippen LogP contribution in [0.4, 0.5) is 0 Å². The van der Waals surface area contributed by atoms with Crippen LogP contribution in [0.1, 0.15) is 21.8 Å². The van der Waals surface area contributed by atoms with E-state index in [0.29, 0.717) is 32.2 Å². The highest BCUT2D eigenvalue weighted by atomic mass is 32.1. The van der Waals surface area contributed by atoms with E-state index in [0.717, 1.165) is 27.6 Å². The van der Waals surface area contributed by atoms with Gasteiger partial charge in [0, 0.05) is 37.4 Å². The molecule has 0 bridgehead atoms. The predicted octanol–water partition coefficient (Wildman–Crippen LogP) is 3.78. The summed E-state index contributed by atoms with van der Waals surface area (Å²) in [5.74, 6) is 1.07. The number of amides is 1. The second-order valence-corrected chi connectivity index (χ2v) is 7.68. The Morgan fingerprint density at radius 1 is 1.19 bits per heavy atom. The minimum absolute atomic E-state index is 0.190. The lowest BCUT2D eigenvalue weighted by molar-refractivity contribution is -0.116. The predicted molar refractivity (Wildman–Crippen MR) is 120 cm³/mol. The molecule has 0 fully saturated rings. The van der Waals surface area contributed by atoms with E-state index in [-0.39, 0.29) is 5.91 Å². The number of rotatable bonds is 11. The molecule has 0 spiro atoms. The molecule has 1 aromatic carbocycles. The van der Waals surface area contributed by atoms with Crippen molar-refractivity contribution in [2.24, 2.45) is 0 Å². The minimum atomic E-state index is -0.190. The number of ether oxygens (including phenoxy) is 3. The second-order valence-electron chi connectivity index (χ2n) is 6.62. The lowest BCUT2D eigenvalue weighted by atomic mass is 10.2. The number of hydrogen-bond donors (Lipinski definition) is 1. The van der Waals surface area contributed by atoms with E-state index in [9.17, 15) is 4.79 Å². The largest absolute Gasteiger partial charge is 0.487 e. The molecular formula is C23H25N3O4S. The molecule has 3 aromatic rings. The number of aromatic nitrogens is 2. The molecule has 2 aromatic heterocycles. The van der Waals surface area contributed by atoms with Crippen molar-refractivity contribution in [3.8, 4) is 11.6 Å². The Kier molecular flexibility index (Phi) is 8.57. The van der Waals surface area contributed by atoms with E-state index in [1.807, 2.05) is 42.6 Å². The number of thiazole rings is 1. The number of methoxy groups -OCH3 is 1. The lowest BCUT2D eigenvalue weighted by Gasteiger charge is -2.06. The molecule has 7 nitrogen and oxygen atoms in total. The number of benzene rings is 1. The summed E-state index contributed by atoms with van der Waals surface area (Å²) in [6.07, 6.45) is 4.93. The summed E-state index contributed by atoms with van der Waals surface area (Å²) >= 11 is 1.60. The molecule has 0 radical (unpaired) electrons. The van der Waals surface area contributed by atoms with E-state index in [1.54, 1.807) is 36.8 Å². The third-order valence-electron chi connectivity index (χ3n) is 4.14. The van der Waals surface area contributed by atoms with Crippen LogP contribution in [0.3, 0.4) is 0 Å². The highest BCUT2D eigenvalue weighted by molar-refractivity contribution is 7.09. The molecule has 162 valence electrons. The smallest absolute Gasteiger partial charge is 0.244 e. The first kappa shape index (κ1) is 22.5. The van der Waals surface area contributed by atoms with Crippen LogP contribution in [-0.2, 0) is 22.7 Å². The third kappa shape index (κ3) is 7.84. The monoisotopic (exact) mass is 439 g/mol. The van der Waals surface area contributed by atoms with Crippen LogP contribution in [-0.4, -0.2) is 36.2 Å². The molecule has 0 saturated heterocycles. The molecule has 0 aliphatic rings. The molecule has 1 N–H and O–H groups in total. The summed E-state index contributed by atoms with van der Waals surface area (Å²) in [5.41, 5.74) is 2.67. The lowest BCUT2D eigenvalue weighted by Crippen LogP contribution is -2.20. The van der Waals surface area contributed by atoms with Crippen molar-refractivity contribution in [3.63, 3.8) is 0 Å². The van der Waals surface area contributed by atoms with Gasteiger partial charge in [-0.3, -0.25) is 4.79 Å². The third-order valence-corrected chi connectivity index (χ3v) is 4.96. The highest BCUT2D eigenvalue weighted by Crippen LogP contribution is 2.17. The SMILES string of the molecule is COCCOc1ccc(CNC(=O)/C=C/c2cccc(OCc3csc(C)n3)c2)cn1. The summed E-state index contributed by atoms with van der Waals surface area (Å²) in [6.45, 7) is 3.72. The number of nitrogens with zero attached hydrogens (tertiary/aromatic N) is 2. The summed E-state index contributed by atoms with van der Waals surface area (Å²) in [7, 11) is 1.62. The van der Waals surface area contributed by atoms with Gasteiger partial charge in [0.15, 0.2) is 0 Å². The van der Waals surface area contributed by atoms with Crippen molar-refractivity contribution < 1.29 is 19.0 Å². The summed E-state index contributed by atoms with van der Waals surface area (Å²) in [5, 5.41) is 5.84. The molecule has 2 heterocycles. The zero-order valence-electron chi connectivity index (χ0n) is 17.5. The van der Waals surface area contributed by atoms with E-state index in [4.69, 9.17) is 14.2 Å². The topological polar surface area (TPSA) is 82.6 Å². The molecule has 1 amide bonds. The zero-order valence-corrected chi connectivity index (χ0v) is 18.4. The molecule has 0 aliphatic heterocycles. The van der Waals surface area contributed by atoms with Gasteiger partial charge in [0.25, 0.3) is 0 Å². The van der Waals surface area contributed by atoms with Crippen molar-refractivity contribution in [2.75, 3.05) is 20.3 Å². The van der Waals surface area contributed by atoms with E-state index >= 15 is 0 Å². The Bertz CT molecular complexity index is 1000. The van der Waals surface area contributed by atoms with E-state index in [1.165, 1.54) is 6.08 Å². The van der Waals surface area contributed by atoms with Crippen LogP contribution in [0.2, 0.25) is 0 Å². The van der Waals surface area contributed by atoms with Crippen LogP contribution < -0.4 is 14.8 Å². The van der Waals surface area contributed by atoms with Gasteiger partial charge in [0.05, 0.1) is 17.3 Å². The standard InChI is InChI=1S/C23H25N3O4S/c1-17-26-20(16-31-17)15-30-21-5-3-4-18(12-21)6-8-22(27)24-13-19-7-9-23(25-14-19)29-11-10-28-2/h3-9,12,14,16H,10-11,13,15H2,1-2H3,(H,24,27)/b8-6+. The van der Waals surface area contributed by atoms with Crippen molar-refractivity contribution >= 4 is 23.3 Å². The first-order valence-electron chi connectivity index (χ1n) is 9.79. The van der Waals surface area contributed by atoms with Gasteiger partial charge in [0.2, 0.25) is 11.8 Å². The Hall–Kier alpha value is -3.23. The highest BCUT2D eigenvalue weighted by Gasteiger charge is 2.02. The van der Waals surface area contributed by atoms with Crippen LogP contribution >= 0.6 is 11.3 Å². The van der Waals surface area contributed by atoms with Gasteiger partial charge in [-0.15, -0.1) is 11.3 Å². The maximum atomic E-state index is 12.1. The maximum Gasteiger partial charge on any atom is 0.244 e. The number of carbonyl (C=O) groups excluding carboxylic acids is 1. The number of hydrogen-bond acceptors (Lipinski definition) is 7. The van der Waals surface area contributed by atoms with Gasteiger partial charge in [-0.25, -0.2) is 9.97 Å². The van der Waals surface area contributed by atoms with Crippen LogP contribution in [0, 0.1) is 6.92 Å². The average Bonchev–Trinajstić information content (AvgIpc) is 3.21. The van der Waals surface area contributed by atoms with Crippen LogP contribution in [0.15, 0.2) is 54.1 Å². The van der Waals surface area contributed by atoms with Gasteiger partial charge in [-0.2, -0.15) is 0 Å². The van der Waals surface area contributed by atoms with Gasteiger partial charge >= 0.3 is 0 Å². The Labute approximate surface area is 185 Å². The molecule has 0 aliphatic carbocycles. The first-order valence-corrected chi connectivity index (χ1v) is 10.7. The molecule has 0 saturated carbocycles.